The third kappa shape index (κ3) is 3.61. The molecule has 1 N–H and O–H groups in total. The molecular weight excluding hydrogens is 316 g/mol. The minimum absolute atomic E-state index is 0.565. The molecule has 0 radical (unpaired) electrons. The third-order valence-corrected chi connectivity index (χ3v) is 4.11. The average molecular weight is 336 g/mol. The lowest BCUT2D eigenvalue weighted by Crippen LogP contribution is -2.36. The van der Waals surface area contributed by atoms with Gasteiger partial charge in [0.2, 0.25) is 5.95 Å². The number of ether oxygens (including phenoxy) is 1. The van der Waals surface area contributed by atoms with Crippen molar-refractivity contribution >= 4 is 17.3 Å². The quantitative estimate of drug-likeness (QED) is 0.790. The van der Waals surface area contributed by atoms with Gasteiger partial charge in [-0.3, -0.25) is 4.98 Å². The first kappa shape index (κ1) is 15.6. The van der Waals surface area contributed by atoms with Crippen molar-refractivity contribution in [3.8, 4) is 5.69 Å². The molecule has 0 spiro atoms. The maximum atomic E-state index is 5.44. The summed E-state index contributed by atoms with van der Waals surface area (Å²) in [6.07, 6.45) is 5.16. The number of hydrogen-bond acceptors (Lipinski definition) is 6. The summed E-state index contributed by atoms with van der Waals surface area (Å²) in [6.45, 7) is 5.47. The first-order chi connectivity index (χ1) is 12.3. The fraction of sp³-hybridized carbons (Fsp3) is 0.278. The Hall–Kier alpha value is -2.93. The number of aromatic nitrogens is 4. The number of nitrogens with zero attached hydrogens (tertiary/aromatic N) is 5. The van der Waals surface area contributed by atoms with E-state index >= 15 is 0 Å². The highest BCUT2D eigenvalue weighted by molar-refractivity contribution is 5.64. The van der Waals surface area contributed by atoms with Crippen LogP contribution in [0.4, 0.5) is 17.3 Å². The molecule has 0 atom stereocenters. The van der Waals surface area contributed by atoms with Gasteiger partial charge in [0.15, 0.2) is 0 Å². The van der Waals surface area contributed by atoms with Crippen LogP contribution in [0.2, 0.25) is 0 Å². The Morgan fingerprint density at radius 1 is 1.04 bits per heavy atom. The van der Waals surface area contributed by atoms with Gasteiger partial charge >= 0.3 is 0 Å². The van der Waals surface area contributed by atoms with Gasteiger partial charge in [0.25, 0.3) is 0 Å². The summed E-state index contributed by atoms with van der Waals surface area (Å²) in [5.74, 6) is 0.565. The van der Waals surface area contributed by atoms with E-state index in [4.69, 9.17) is 4.74 Å². The number of pyridine rings is 1. The molecule has 4 rings (SSSR count). The predicted octanol–water partition coefficient (Wildman–Crippen LogP) is 2.55. The number of benzene rings is 1. The van der Waals surface area contributed by atoms with Gasteiger partial charge in [0, 0.05) is 36.9 Å². The maximum Gasteiger partial charge on any atom is 0.246 e. The molecule has 1 aliphatic rings. The maximum absolute atomic E-state index is 5.44. The van der Waals surface area contributed by atoms with Gasteiger partial charge < -0.3 is 15.0 Å². The largest absolute Gasteiger partial charge is 0.378 e. The number of hydrogen-bond donors (Lipinski definition) is 1. The van der Waals surface area contributed by atoms with E-state index in [-0.39, 0.29) is 0 Å². The zero-order valence-electron chi connectivity index (χ0n) is 14.1. The lowest BCUT2D eigenvalue weighted by molar-refractivity contribution is 0.122. The van der Waals surface area contributed by atoms with Crippen LogP contribution in [0, 0.1) is 6.92 Å². The van der Waals surface area contributed by atoms with Crippen molar-refractivity contribution in [2.45, 2.75) is 6.92 Å². The molecule has 0 amide bonds. The Morgan fingerprint density at radius 2 is 1.84 bits per heavy atom. The average Bonchev–Trinajstić information content (AvgIpc) is 3.11. The van der Waals surface area contributed by atoms with Crippen molar-refractivity contribution in [3.63, 3.8) is 0 Å². The van der Waals surface area contributed by atoms with E-state index in [1.165, 1.54) is 11.3 Å². The summed E-state index contributed by atoms with van der Waals surface area (Å²) in [4.78, 5) is 10.7. The Morgan fingerprint density at radius 3 is 2.64 bits per heavy atom. The molecule has 7 nitrogen and oxygen atoms in total. The second-order valence-electron chi connectivity index (χ2n) is 6.00. The van der Waals surface area contributed by atoms with Crippen LogP contribution in [0.1, 0.15) is 5.56 Å². The van der Waals surface area contributed by atoms with E-state index in [0.29, 0.717) is 5.95 Å². The molecule has 1 aromatic carbocycles. The molecule has 7 heteroatoms. The highest BCUT2D eigenvalue weighted by Crippen LogP contribution is 2.24. The second kappa shape index (κ2) is 6.90. The van der Waals surface area contributed by atoms with Crippen molar-refractivity contribution in [2.24, 2.45) is 0 Å². The van der Waals surface area contributed by atoms with Crippen LogP contribution < -0.4 is 10.2 Å². The lowest BCUT2D eigenvalue weighted by atomic mass is 10.1. The molecule has 3 aromatic rings. The molecule has 1 aliphatic heterocycles. The van der Waals surface area contributed by atoms with Crippen LogP contribution in [0.5, 0.6) is 0 Å². The first-order valence-electron chi connectivity index (χ1n) is 8.31. The van der Waals surface area contributed by atoms with Gasteiger partial charge in [0.05, 0.1) is 18.9 Å². The van der Waals surface area contributed by atoms with E-state index in [0.717, 1.165) is 37.7 Å². The summed E-state index contributed by atoms with van der Waals surface area (Å²) in [7, 11) is 0. The SMILES string of the molecule is Cc1cc(Nc2ncn(-c3ccncc3)n2)cc(N2CCOCC2)c1. The zero-order chi connectivity index (χ0) is 17.1. The van der Waals surface area contributed by atoms with Gasteiger partial charge in [-0.1, -0.05) is 0 Å². The third-order valence-electron chi connectivity index (χ3n) is 4.11. The summed E-state index contributed by atoms with van der Waals surface area (Å²) in [5, 5.41) is 7.78. The van der Waals surface area contributed by atoms with Crippen LogP contribution in [0.25, 0.3) is 5.69 Å². The van der Waals surface area contributed by atoms with Crippen LogP contribution in [-0.4, -0.2) is 46.1 Å². The first-order valence-corrected chi connectivity index (χ1v) is 8.31. The van der Waals surface area contributed by atoms with Crippen molar-refractivity contribution in [1.82, 2.24) is 19.7 Å². The van der Waals surface area contributed by atoms with E-state index in [1.807, 2.05) is 12.1 Å². The van der Waals surface area contributed by atoms with E-state index in [2.05, 4.69) is 50.4 Å². The van der Waals surface area contributed by atoms with Gasteiger partial charge in [-0.15, -0.1) is 5.10 Å². The van der Waals surface area contributed by atoms with E-state index in [9.17, 15) is 0 Å². The number of morpholine rings is 1. The second-order valence-corrected chi connectivity index (χ2v) is 6.00. The smallest absolute Gasteiger partial charge is 0.246 e. The predicted molar refractivity (Wildman–Crippen MR) is 96.6 cm³/mol. The van der Waals surface area contributed by atoms with Crippen molar-refractivity contribution in [1.29, 1.82) is 0 Å². The van der Waals surface area contributed by atoms with Crippen molar-refractivity contribution in [2.75, 3.05) is 36.5 Å². The number of nitrogens with one attached hydrogen (secondary N) is 1. The summed E-state index contributed by atoms with van der Waals surface area (Å²) < 4.78 is 7.16. The fourth-order valence-electron chi connectivity index (χ4n) is 2.91. The number of aryl methyl sites for hydroxylation is 1. The van der Waals surface area contributed by atoms with Gasteiger partial charge in [-0.25, -0.2) is 4.68 Å². The molecule has 0 bridgehead atoms. The highest BCUT2D eigenvalue weighted by atomic mass is 16.5. The summed E-state index contributed by atoms with van der Waals surface area (Å²) in [6, 6.07) is 10.2. The molecule has 1 fully saturated rings. The van der Waals surface area contributed by atoms with Crippen molar-refractivity contribution in [3.05, 3.63) is 54.6 Å². The van der Waals surface area contributed by atoms with Crippen LogP contribution in [0.3, 0.4) is 0 Å². The van der Waals surface area contributed by atoms with Gasteiger partial charge in [-0.05, 0) is 42.8 Å². The number of rotatable bonds is 4. The minimum atomic E-state index is 0.565. The monoisotopic (exact) mass is 336 g/mol. The lowest BCUT2D eigenvalue weighted by Gasteiger charge is -2.29. The zero-order valence-corrected chi connectivity index (χ0v) is 14.1. The van der Waals surface area contributed by atoms with E-state index in [1.54, 1.807) is 23.4 Å². The molecule has 1 saturated heterocycles. The minimum Gasteiger partial charge on any atom is -0.378 e. The molecule has 0 aliphatic carbocycles. The highest BCUT2D eigenvalue weighted by Gasteiger charge is 2.13. The molecule has 128 valence electrons. The number of anilines is 3. The summed E-state index contributed by atoms with van der Waals surface area (Å²) >= 11 is 0. The topological polar surface area (TPSA) is 68.1 Å². The van der Waals surface area contributed by atoms with Gasteiger partial charge in [-0.2, -0.15) is 4.98 Å². The Kier molecular flexibility index (Phi) is 4.30. The Labute approximate surface area is 146 Å². The van der Waals surface area contributed by atoms with Crippen LogP contribution in [0.15, 0.2) is 49.1 Å². The molecular formula is C18H20N6O. The molecule has 2 aromatic heterocycles. The Balaban J connectivity index is 1.54. The molecule has 3 heterocycles. The fourth-order valence-corrected chi connectivity index (χ4v) is 2.91. The molecule has 0 unspecified atom stereocenters. The molecule has 25 heavy (non-hydrogen) atoms. The van der Waals surface area contributed by atoms with Gasteiger partial charge in [0.1, 0.15) is 6.33 Å². The standard InChI is InChI=1S/C18H20N6O/c1-14-10-15(12-17(11-14)23-6-8-25-9-7-23)21-18-20-13-24(22-18)16-2-4-19-5-3-16/h2-5,10-13H,6-9H2,1H3,(H,21,22). The summed E-state index contributed by atoms with van der Waals surface area (Å²) in [5.41, 5.74) is 4.29. The Bertz CT molecular complexity index is 842. The molecule has 0 saturated carbocycles. The van der Waals surface area contributed by atoms with Crippen LogP contribution >= 0.6 is 0 Å². The van der Waals surface area contributed by atoms with Crippen molar-refractivity contribution < 1.29 is 4.74 Å². The normalized spacial score (nSPS) is 14.5. The van der Waals surface area contributed by atoms with E-state index < -0.39 is 0 Å². The van der Waals surface area contributed by atoms with Crippen LogP contribution in [-0.2, 0) is 4.74 Å².